The SMILES string of the molecule is COc1ccc(C(=O)c2ccc(-n3c4ccccc4c4cc(C(=O)/C(C)=N\OC(C)=O)ccc43)cc2)cc1. The maximum atomic E-state index is 13.0. The lowest BCUT2D eigenvalue weighted by Crippen LogP contribution is -2.11. The third kappa shape index (κ3) is 4.57. The number of Topliss-reactive ketones (excluding diaryl/α,β-unsaturated/α-hetero) is 1. The smallest absolute Gasteiger partial charge is 0.331 e. The molecule has 1 heterocycles. The van der Waals surface area contributed by atoms with E-state index in [9.17, 15) is 14.4 Å². The van der Waals surface area contributed by atoms with E-state index in [0.717, 1.165) is 27.5 Å². The molecule has 38 heavy (non-hydrogen) atoms. The lowest BCUT2D eigenvalue weighted by atomic mass is 10.0. The molecule has 0 saturated carbocycles. The maximum Gasteiger partial charge on any atom is 0.331 e. The Morgan fingerprint density at radius 2 is 1.32 bits per heavy atom. The molecule has 0 saturated heterocycles. The number of ketones is 2. The summed E-state index contributed by atoms with van der Waals surface area (Å²) in [5, 5.41) is 5.50. The highest BCUT2D eigenvalue weighted by atomic mass is 16.7. The van der Waals surface area contributed by atoms with Crippen LogP contribution in [-0.2, 0) is 9.63 Å². The van der Waals surface area contributed by atoms with Crippen LogP contribution in [0, 0.1) is 0 Å². The van der Waals surface area contributed by atoms with Crippen LogP contribution in [0.2, 0.25) is 0 Å². The minimum atomic E-state index is -0.590. The van der Waals surface area contributed by atoms with Crippen molar-refractivity contribution in [3.8, 4) is 11.4 Å². The van der Waals surface area contributed by atoms with Gasteiger partial charge in [0.2, 0.25) is 5.78 Å². The van der Waals surface area contributed by atoms with Gasteiger partial charge in [-0.3, -0.25) is 9.59 Å². The van der Waals surface area contributed by atoms with E-state index < -0.39 is 5.97 Å². The molecule has 7 heteroatoms. The topological polar surface area (TPSA) is 87.0 Å². The summed E-state index contributed by atoms with van der Waals surface area (Å²) in [6.45, 7) is 2.73. The van der Waals surface area contributed by atoms with Gasteiger partial charge in [-0.15, -0.1) is 0 Å². The Kier molecular flexibility index (Phi) is 6.58. The summed E-state index contributed by atoms with van der Waals surface area (Å²) in [6, 6.07) is 27.9. The highest BCUT2D eigenvalue weighted by molar-refractivity contribution is 6.45. The highest BCUT2D eigenvalue weighted by Crippen LogP contribution is 2.33. The van der Waals surface area contributed by atoms with Gasteiger partial charge in [-0.25, -0.2) is 4.79 Å². The Balaban J connectivity index is 1.54. The average Bonchev–Trinajstić information content (AvgIpc) is 3.29. The predicted octanol–water partition coefficient (Wildman–Crippen LogP) is 6.15. The number of rotatable bonds is 7. The second kappa shape index (κ2) is 10.1. The van der Waals surface area contributed by atoms with Crippen LogP contribution in [-0.4, -0.2) is 34.9 Å². The summed E-state index contributed by atoms with van der Waals surface area (Å²) in [6.07, 6.45) is 0. The Hall–Kier alpha value is -5.04. The van der Waals surface area contributed by atoms with Crippen molar-refractivity contribution in [2.45, 2.75) is 13.8 Å². The number of carbonyl (C=O) groups excluding carboxylic acids is 3. The molecular weight excluding hydrogens is 480 g/mol. The van der Waals surface area contributed by atoms with Crippen LogP contribution < -0.4 is 4.74 Å². The number of hydrogen-bond donors (Lipinski definition) is 0. The van der Waals surface area contributed by atoms with Crippen LogP contribution in [0.5, 0.6) is 5.75 Å². The molecule has 188 valence electrons. The highest BCUT2D eigenvalue weighted by Gasteiger charge is 2.17. The number of ether oxygens (including phenoxy) is 1. The first-order valence-corrected chi connectivity index (χ1v) is 12.0. The molecule has 4 aromatic carbocycles. The van der Waals surface area contributed by atoms with Crippen molar-refractivity contribution in [2.24, 2.45) is 5.16 Å². The summed E-state index contributed by atoms with van der Waals surface area (Å²) >= 11 is 0. The van der Waals surface area contributed by atoms with Gasteiger partial charge in [0.1, 0.15) is 11.5 Å². The standard InChI is InChI=1S/C31H24N2O5/c1-19(32-38-20(2)34)30(35)23-12-17-29-27(18-23)26-6-4-5-7-28(26)33(29)24-13-8-21(9-14-24)31(36)22-10-15-25(37-3)16-11-22/h4-18H,1-3H3/b32-19-. The van der Waals surface area contributed by atoms with Crippen molar-refractivity contribution >= 4 is 45.1 Å². The molecule has 0 amide bonds. The molecule has 0 radical (unpaired) electrons. The number of para-hydroxylation sites is 1. The Morgan fingerprint density at radius 3 is 1.97 bits per heavy atom. The summed E-state index contributed by atoms with van der Waals surface area (Å²) in [5.74, 6) is -0.297. The van der Waals surface area contributed by atoms with Gasteiger partial charge in [-0.1, -0.05) is 23.4 Å². The summed E-state index contributed by atoms with van der Waals surface area (Å²) in [5.41, 5.74) is 4.44. The van der Waals surface area contributed by atoms with Gasteiger partial charge in [0.25, 0.3) is 0 Å². The molecule has 5 rings (SSSR count). The van der Waals surface area contributed by atoms with Crippen molar-refractivity contribution in [3.05, 3.63) is 108 Å². The fourth-order valence-electron chi connectivity index (χ4n) is 4.45. The molecule has 0 aliphatic carbocycles. The Bertz CT molecular complexity index is 1730. The van der Waals surface area contributed by atoms with Crippen LogP contribution >= 0.6 is 0 Å². The van der Waals surface area contributed by atoms with E-state index in [1.54, 1.807) is 37.4 Å². The summed E-state index contributed by atoms with van der Waals surface area (Å²) < 4.78 is 7.27. The molecular formula is C31H24N2O5. The van der Waals surface area contributed by atoms with E-state index in [2.05, 4.69) is 14.6 Å². The van der Waals surface area contributed by atoms with Crippen LogP contribution in [0.3, 0.4) is 0 Å². The second-order valence-corrected chi connectivity index (χ2v) is 8.78. The Morgan fingerprint density at radius 1 is 0.711 bits per heavy atom. The monoisotopic (exact) mass is 504 g/mol. The van der Waals surface area contributed by atoms with E-state index in [4.69, 9.17) is 4.74 Å². The molecule has 0 aliphatic heterocycles. The lowest BCUT2D eigenvalue weighted by molar-refractivity contribution is -0.140. The third-order valence-corrected chi connectivity index (χ3v) is 6.31. The normalized spacial score (nSPS) is 11.5. The zero-order chi connectivity index (χ0) is 26.8. The first-order valence-electron chi connectivity index (χ1n) is 12.0. The van der Waals surface area contributed by atoms with Crippen molar-refractivity contribution in [2.75, 3.05) is 7.11 Å². The summed E-state index contributed by atoms with van der Waals surface area (Å²) in [7, 11) is 1.59. The number of methoxy groups -OCH3 is 1. The van der Waals surface area contributed by atoms with Gasteiger partial charge in [-0.2, -0.15) is 0 Å². The zero-order valence-electron chi connectivity index (χ0n) is 21.1. The van der Waals surface area contributed by atoms with E-state index in [0.29, 0.717) is 22.4 Å². The molecule has 5 aromatic rings. The van der Waals surface area contributed by atoms with Crippen molar-refractivity contribution < 1.29 is 24.0 Å². The number of hydrogen-bond acceptors (Lipinski definition) is 6. The van der Waals surface area contributed by atoms with Crippen LogP contribution in [0.4, 0.5) is 0 Å². The molecule has 0 atom stereocenters. The van der Waals surface area contributed by atoms with Gasteiger partial charge < -0.3 is 14.1 Å². The fraction of sp³-hybridized carbons (Fsp3) is 0.0968. The maximum absolute atomic E-state index is 13.0. The molecule has 0 spiro atoms. The minimum absolute atomic E-state index is 0.0737. The Labute approximate surface area is 218 Å². The quantitative estimate of drug-likeness (QED) is 0.115. The molecule has 0 bridgehead atoms. The van der Waals surface area contributed by atoms with Gasteiger partial charge in [0, 0.05) is 40.1 Å². The molecule has 0 fully saturated rings. The molecule has 1 aromatic heterocycles. The van der Waals surface area contributed by atoms with Crippen molar-refractivity contribution in [1.29, 1.82) is 0 Å². The number of oxime groups is 1. The number of nitrogens with zero attached hydrogens (tertiary/aromatic N) is 2. The zero-order valence-corrected chi connectivity index (χ0v) is 21.1. The second-order valence-electron chi connectivity index (χ2n) is 8.78. The van der Waals surface area contributed by atoms with Gasteiger partial charge >= 0.3 is 5.97 Å². The van der Waals surface area contributed by atoms with Gasteiger partial charge in [-0.05, 0) is 79.7 Å². The van der Waals surface area contributed by atoms with Gasteiger partial charge in [0.05, 0.1) is 18.1 Å². The summed E-state index contributed by atoms with van der Waals surface area (Å²) in [4.78, 5) is 41.6. The van der Waals surface area contributed by atoms with E-state index in [1.807, 2.05) is 60.7 Å². The first-order chi connectivity index (χ1) is 18.4. The van der Waals surface area contributed by atoms with Crippen molar-refractivity contribution in [3.63, 3.8) is 0 Å². The molecule has 7 nitrogen and oxygen atoms in total. The average molecular weight is 505 g/mol. The minimum Gasteiger partial charge on any atom is -0.497 e. The van der Waals surface area contributed by atoms with E-state index in [-0.39, 0.29) is 17.3 Å². The van der Waals surface area contributed by atoms with Crippen molar-refractivity contribution in [1.82, 2.24) is 4.57 Å². The number of benzene rings is 4. The molecule has 0 N–H and O–H groups in total. The van der Waals surface area contributed by atoms with Crippen LogP contribution in [0.25, 0.3) is 27.5 Å². The largest absolute Gasteiger partial charge is 0.497 e. The number of carbonyl (C=O) groups is 3. The van der Waals surface area contributed by atoms with Crippen LogP contribution in [0.1, 0.15) is 40.1 Å². The first kappa shape index (κ1) is 24.6. The van der Waals surface area contributed by atoms with E-state index in [1.165, 1.54) is 13.8 Å². The van der Waals surface area contributed by atoms with E-state index >= 15 is 0 Å². The number of fused-ring (bicyclic) bond motifs is 3. The number of aromatic nitrogens is 1. The lowest BCUT2D eigenvalue weighted by Gasteiger charge is -2.09. The molecule has 0 unspecified atom stereocenters. The molecule has 0 aliphatic rings. The fourth-order valence-corrected chi connectivity index (χ4v) is 4.45. The van der Waals surface area contributed by atoms with Gasteiger partial charge in [0.15, 0.2) is 5.78 Å². The van der Waals surface area contributed by atoms with Crippen LogP contribution in [0.15, 0.2) is 96.2 Å². The predicted molar refractivity (Wildman–Crippen MR) is 146 cm³/mol. The third-order valence-electron chi connectivity index (χ3n) is 6.31.